The van der Waals surface area contributed by atoms with Crippen LogP contribution in [0.25, 0.3) is 44.2 Å². The van der Waals surface area contributed by atoms with Gasteiger partial charge >= 0.3 is 0 Å². The summed E-state index contributed by atoms with van der Waals surface area (Å²) in [5.41, 5.74) is 11.2. The maximum atomic E-state index is 6.63. The van der Waals surface area contributed by atoms with Crippen molar-refractivity contribution < 1.29 is 4.74 Å². The van der Waals surface area contributed by atoms with E-state index < -0.39 is 0 Å². The maximum Gasteiger partial charge on any atom is 0.143 e. The van der Waals surface area contributed by atoms with Crippen LogP contribution in [0.4, 0.5) is 0 Å². The van der Waals surface area contributed by atoms with Gasteiger partial charge in [-0.3, -0.25) is 0 Å². The van der Waals surface area contributed by atoms with Crippen molar-refractivity contribution in [3.05, 3.63) is 144 Å². The molecule has 1 unspecified atom stereocenters. The van der Waals surface area contributed by atoms with Gasteiger partial charge in [-0.05, 0) is 69.5 Å². The summed E-state index contributed by atoms with van der Waals surface area (Å²) in [4.78, 5) is 0. The first-order chi connectivity index (χ1) is 18.2. The molecule has 1 atom stereocenters. The van der Waals surface area contributed by atoms with E-state index in [4.69, 9.17) is 4.74 Å². The summed E-state index contributed by atoms with van der Waals surface area (Å²) in [6, 6.07) is 46.0. The molecule has 0 radical (unpaired) electrons. The topological polar surface area (TPSA) is 9.23 Å². The zero-order chi connectivity index (χ0) is 24.6. The van der Waals surface area contributed by atoms with Crippen molar-refractivity contribution in [3.8, 4) is 44.9 Å². The van der Waals surface area contributed by atoms with Crippen molar-refractivity contribution in [2.45, 2.75) is 12.3 Å². The van der Waals surface area contributed by atoms with Crippen LogP contribution < -0.4 is 4.74 Å². The van der Waals surface area contributed by atoms with E-state index in [2.05, 4.69) is 128 Å². The SMILES string of the molecule is CC1(c2ccccc2)c2ccccc2-c2cc(-c3ccc4cccc5c4c3Oc3ccccc3-5)ccc21. The molecule has 0 bridgehead atoms. The second kappa shape index (κ2) is 7.44. The molecule has 0 amide bonds. The first-order valence-corrected chi connectivity index (χ1v) is 12.9. The lowest BCUT2D eigenvalue weighted by molar-refractivity contribution is 0.489. The molecular formula is C36H24O. The van der Waals surface area contributed by atoms with E-state index in [1.54, 1.807) is 0 Å². The van der Waals surface area contributed by atoms with Crippen molar-refractivity contribution in [3.63, 3.8) is 0 Å². The standard InChI is InChI=1S/C36H24O/c1-36(25-11-3-2-4-12-25)31-16-7-5-13-27(31)30-22-24(19-21-32(30)36)26-20-18-23-10-9-15-29-28-14-6-8-17-33(28)37-35(26)34(23)29/h2-22H,1H3. The van der Waals surface area contributed by atoms with Crippen molar-refractivity contribution in [1.29, 1.82) is 0 Å². The summed E-state index contributed by atoms with van der Waals surface area (Å²) in [6.07, 6.45) is 0. The lowest BCUT2D eigenvalue weighted by Gasteiger charge is -2.28. The quantitative estimate of drug-likeness (QED) is 0.243. The molecule has 2 aliphatic rings. The van der Waals surface area contributed by atoms with Crippen LogP contribution in [0.15, 0.2) is 127 Å². The molecule has 1 nitrogen and oxygen atoms in total. The van der Waals surface area contributed by atoms with E-state index >= 15 is 0 Å². The Labute approximate surface area is 216 Å². The van der Waals surface area contributed by atoms with Gasteiger partial charge in [0, 0.05) is 21.9 Å². The molecular weight excluding hydrogens is 448 g/mol. The molecule has 0 aromatic heterocycles. The first kappa shape index (κ1) is 20.6. The van der Waals surface area contributed by atoms with Crippen molar-refractivity contribution in [2.24, 2.45) is 0 Å². The lowest BCUT2D eigenvalue weighted by Crippen LogP contribution is -2.22. The van der Waals surface area contributed by atoms with Crippen LogP contribution in [0, 0.1) is 0 Å². The largest absolute Gasteiger partial charge is 0.455 e. The Balaban J connectivity index is 1.37. The highest BCUT2D eigenvalue weighted by Gasteiger charge is 2.40. The second-order valence-corrected chi connectivity index (χ2v) is 10.2. The molecule has 6 aromatic carbocycles. The Kier molecular flexibility index (Phi) is 4.14. The molecule has 1 heterocycles. The monoisotopic (exact) mass is 472 g/mol. The van der Waals surface area contributed by atoms with Gasteiger partial charge in [0.05, 0.1) is 0 Å². The molecule has 1 heteroatoms. The van der Waals surface area contributed by atoms with E-state index in [1.165, 1.54) is 49.7 Å². The molecule has 37 heavy (non-hydrogen) atoms. The molecule has 1 aliphatic carbocycles. The Morgan fingerprint density at radius 2 is 1.24 bits per heavy atom. The normalized spacial score (nSPS) is 16.6. The van der Waals surface area contributed by atoms with Crippen molar-refractivity contribution >= 4 is 10.8 Å². The van der Waals surface area contributed by atoms with Gasteiger partial charge in [-0.25, -0.2) is 0 Å². The highest BCUT2D eigenvalue weighted by molar-refractivity contribution is 6.07. The van der Waals surface area contributed by atoms with Crippen LogP contribution in [0.1, 0.15) is 23.6 Å². The van der Waals surface area contributed by atoms with Gasteiger partial charge in [-0.1, -0.05) is 109 Å². The van der Waals surface area contributed by atoms with Crippen molar-refractivity contribution in [1.82, 2.24) is 0 Å². The summed E-state index contributed by atoms with van der Waals surface area (Å²) < 4.78 is 6.63. The number of hydrogen-bond donors (Lipinski definition) is 0. The van der Waals surface area contributed by atoms with Crippen molar-refractivity contribution in [2.75, 3.05) is 0 Å². The smallest absolute Gasteiger partial charge is 0.143 e. The fourth-order valence-electron chi connectivity index (χ4n) is 6.54. The predicted molar refractivity (Wildman–Crippen MR) is 152 cm³/mol. The van der Waals surface area contributed by atoms with Gasteiger partial charge in [-0.2, -0.15) is 0 Å². The highest BCUT2D eigenvalue weighted by atomic mass is 16.5. The number of benzene rings is 6. The fraction of sp³-hybridized carbons (Fsp3) is 0.0556. The minimum absolute atomic E-state index is 0.189. The average molecular weight is 473 g/mol. The Bertz CT molecular complexity index is 1860. The summed E-state index contributed by atoms with van der Waals surface area (Å²) in [5.74, 6) is 1.86. The number of para-hydroxylation sites is 1. The minimum Gasteiger partial charge on any atom is -0.455 e. The van der Waals surface area contributed by atoms with E-state index in [9.17, 15) is 0 Å². The molecule has 0 fully saturated rings. The summed E-state index contributed by atoms with van der Waals surface area (Å²) in [6.45, 7) is 2.36. The van der Waals surface area contributed by atoms with Gasteiger partial charge in [0.1, 0.15) is 11.5 Å². The zero-order valence-corrected chi connectivity index (χ0v) is 20.5. The number of rotatable bonds is 2. The Morgan fingerprint density at radius 1 is 0.514 bits per heavy atom. The molecule has 0 N–H and O–H groups in total. The van der Waals surface area contributed by atoms with Crippen LogP contribution in [-0.4, -0.2) is 0 Å². The molecule has 1 aliphatic heterocycles. The average Bonchev–Trinajstić information content (AvgIpc) is 3.23. The summed E-state index contributed by atoms with van der Waals surface area (Å²) in [7, 11) is 0. The van der Waals surface area contributed by atoms with Gasteiger partial charge in [0.15, 0.2) is 0 Å². The summed E-state index contributed by atoms with van der Waals surface area (Å²) in [5, 5.41) is 2.39. The molecule has 0 spiro atoms. The first-order valence-electron chi connectivity index (χ1n) is 12.9. The van der Waals surface area contributed by atoms with E-state index in [0.717, 1.165) is 22.6 Å². The lowest BCUT2D eigenvalue weighted by atomic mass is 9.74. The van der Waals surface area contributed by atoms with E-state index in [-0.39, 0.29) is 5.41 Å². The number of hydrogen-bond acceptors (Lipinski definition) is 1. The van der Waals surface area contributed by atoms with E-state index in [1.807, 2.05) is 6.07 Å². The van der Waals surface area contributed by atoms with Crippen LogP contribution >= 0.6 is 0 Å². The molecule has 174 valence electrons. The van der Waals surface area contributed by atoms with Gasteiger partial charge in [-0.15, -0.1) is 0 Å². The molecule has 6 aromatic rings. The van der Waals surface area contributed by atoms with Crippen LogP contribution in [0.2, 0.25) is 0 Å². The third kappa shape index (κ3) is 2.74. The Morgan fingerprint density at radius 3 is 2.14 bits per heavy atom. The fourth-order valence-corrected chi connectivity index (χ4v) is 6.54. The number of fused-ring (bicyclic) bond motifs is 5. The minimum atomic E-state index is -0.189. The maximum absolute atomic E-state index is 6.63. The predicted octanol–water partition coefficient (Wildman–Crippen LogP) is 9.61. The van der Waals surface area contributed by atoms with Gasteiger partial charge < -0.3 is 4.74 Å². The molecule has 8 rings (SSSR count). The van der Waals surface area contributed by atoms with Gasteiger partial charge in [0.2, 0.25) is 0 Å². The van der Waals surface area contributed by atoms with Gasteiger partial charge in [0.25, 0.3) is 0 Å². The van der Waals surface area contributed by atoms with Crippen LogP contribution in [0.5, 0.6) is 11.5 Å². The van der Waals surface area contributed by atoms with E-state index in [0.29, 0.717) is 0 Å². The van der Waals surface area contributed by atoms with Crippen LogP contribution in [0.3, 0.4) is 0 Å². The third-order valence-corrected chi connectivity index (χ3v) is 8.36. The third-order valence-electron chi connectivity index (χ3n) is 8.36. The molecule has 0 saturated heterocycles. The number of ether oxygens (including phenoxy) is 1. The summed E-state index contributed by atoms with van der Waals surface area (Å²) >= 11 is 0. The Hall–Kier alpha value is -4.62. The molecule has 0 saturated carbocycles. The zero-order valence-electron chi connectivity index (χ0n) is 20.5. The second-order valence-electron chi connectivity index (χ2n) is 10.2. The highest BCUT2D eigenvalue weighted by Crippen LogP contribution is 2.55. The van der Waals surface area contributed by atoms with Crippen LogP contribution in [-0.2, 0) is 5.41 Å².